The zero-order valence-corrected chi connectivity index (χ0v) is 41.1. The molecule has 3 aromatic heterocycles. The third kappa shape index (κ3) is 8.51. The van der Waals surface area contributed by atoms with E-state index in [1.807, 2.05) is 25.1 Å². The van der Waals surface area contributed by atoms with Crippen molar-refractivity contribution in [2.24, 2.45) is 23.8 Å². The van der Waals surface area contributed by atoms with Crippen LogP contribution in [0.15, 0.2) is 53.5 Å². The van der Waals surface area contributed by atoms with E-state index < -0.39 is 23.6 Å². The SMILES string of the molecule is CCc1c(F)ccc2cc(O)cc(-c3ncc4c(N5CCCC6(COC6)C5)nc(OCC5(CN6CCC(CN7CCN(c8ccc9c(c8)n(C)c(=O)n9C8CCC(=O)NC8=O)CC7)CC6)CC5)nc4c3F)c12. The molecule has 2 amide bonds. The first-order chi connectivity index (χ1) is 34.9. The van der Waals surface area contributed by atoms with Gasteiger partial charge in [-0.1, -0.05) is 13.0 Å². The molecule has 6 fully saturated rings. The molecule has 6 aliphatic rings. The summed E-state index contributed by atoms with van der Waals surface area (Å²) in [5.74, 6) is -0.670. The lowest BCUT2D eigenvalue weighted by atomic mass is 9.78. The molecule has 5 aliphatic heterocycles. The number of aromatic nitrogens is 5. The third-order valence-electron chi connectivity index (χ3n) is 16.8. The maximum Gasteiger partial charge on any atom is 0.329 e. The summed E-state index contributed by atoms with van der Waals surface area (Å²) in [6, 6.07) is 11.4. The number of nitrogens with zero attached hydrogens (tertiary/aromatic N) is 9. The first-order valence-corrected chi connectivity index (χ1v) is 25.9. The molecule has 6 aromatic rings. The number of hydrogen-bond donors (Lipinski definition) is 2. The summed E-state index contributed by atoms with van der Waals surface area (Å²) in [7, 11) is 1.73. The third-order valence-corrected chi connectivity index (χ3v) is 16.8. The molecular formula is C54H62F2N10O6. The summed E-state index contributed by atoms with van der Waals surface area (Å²) in [6.45, 7) is 12.8. The van der Waals surface area contributed by atoms with Crippen molar-refractivity contribution in [3.05, 3.63) is 76.3 Å². The number of rotatable bonds is 12. The highest BCUT2D eigenvalue weighted by atomic mass is 19.1. The van der Waals surface area contributed by atoms with Gasteiger partial charge in [-0.3, -0.25) is 33.9 Å². The van der Waals surface area contributed by atoms with Gasteiger partial charge in [0.2, 0.25) is 11.8 Å². The van der Waals surface area contributed by atoms with Crippen molar-refractivity contribution < 1.29 is 33.0 Å². The fourth-order valence-corrected chi connectivity index (χ4v) is 12.4. The number of anilines is 2. The quantitative estimate of drug-likeness (QED) is 0.131. The smallest absolute Gasteiger partial charge is 0.329 e. The Labute approximate surface area is 415 Å². The predicted octanol–water partition coefficient (Wildman–Crippen LogP) is 6.33. The Morgan fingerprint density at radius 1 is 0.889 bits per heavy atom. The molecule has 1 spiro atoms. The van der Waals surface area contributed by atoms with E-state index in [4.69, 9.17) is 19.4 Å². The summed E-state index contributed by atoms with van der Waals surface area (Å²) < 4.78 is 47.8. The van der Waals surface area contributed by atoms with E-state index in [2.05, 4.69) is 29.9 Å². The van der Waals surface area contributed by atoms with Gasteiger partial charge in [0.1, 0.15) is 34.6 Å². The molecule has 1 atom stereocenters. The van der Waals surface area contributed by atoms with Crippen LogP contribution in [0, 0.1) is 28.4 Å². The zero-order valence-electron chi connectivity index (χ0n) is 41.1. The number of phenols is 1. The highest BCUT2D eigenvalue weighted by molar-refractivity contribution is 6.02. The Balaban J connectivity index is 0.698. The topological polar surface area (TPSA) is 163 Å². The highest BCUT2D eigenvalue weighted by Gasteiger charge is 2.46. The van der Waals surface area contributed by atoms with Crippen LogP contribution in [0.2, 0.25) is 0 Å². The average molecular weight is 985 g/mol. The van der Waals surface area contributed by atoms with E-state index in [-0.39, 0.29) is 51.8 Å². The van der Waals surface area contributed by atoms with E-state index >= 15 is 8.78 Å². The Kier molecular flexibility index (Phi) is 11.9. The number of phenolic OH excluding ortho intramolecular Hbond substituents is 1. The summed E-state index contributed by atoms with van der Waals surface area (Å²) in [4.78, 5) is 61.9. The Morgan fingerprint density at radius 2 is 1.69 bits per heavy atom. The summed E-state index contributed by atoms with van der Waals surface area (Å²) >= 11 is 0. The number of aryl methyl sites for hydroxylation is 2. The number of halogens is 2. The van der Waals surface area contributed by atoms with Gasteiger partial charge < -0.3 is 29.3 Å². The molecule has 18 heteroatoms. The van der Waals surface area contributed by atoms with Crippen LogP contribution in [0.4, 0.5) is 20.3 Å². The number of fused-ring (bicyclic) bond motifs is 3. The number of imidazole rings is 1. The number of amides is 2. The van der Waals surface area contributed by atoms with Crippen LogP contribution in [0.3, 0.4) is 0 Å². The summed E-state index contributed by atoms with van der Waals surface area (Å²) in [6.07, 6.45) is 8.83. The second-order valence-corrected chi connectivity index (χ2v) is 21.6. The van der Waals surface area contributed by atoms with Crippen LogP contribution in [-0.2, 0) is 27.8 Å². The predicted molar refractivity (Wildman–Crippen MR) is 270 cm³/mol. The maximum absolute atomic E-state index is 17.2. The van der Waals surface area contributed by atoms with Gasteiger partial charge in [0.25, 0.3) is 0 Å². The number of likely N-dealkylation sites (tertiary alicyclic amines) is 1. The van der Waals surface area contributed by atoms with Gasteiger partial charge >= 0.3 is 11.7 Å². The van der Waals surface area contributed by atoms with E-state index in [0.29, 0.717) is 77.2 Å². The number of nitrogens with one attached hydrogen (secondary N) is 1. The maximum atomic E-state index is 17.2. The van der Waals surface area contributed by atoms with Crippen LogP contribution in [0.5, 0.6) is 11.8 Å². The Bertz CT molecular complexity index is 3190. The number of ether oxygens (including phenoxy) is 2. The van der Waals surface area contributed by atoms with Gasteiger partial charge in [0.05, 0.1) is 36.2 Å². The fourth-order valence-electron chi connectivity index (χ4n) is 12.4. The van der Waals surface area contributed by atoms with E-state index in [1.165, 1.54) is 16.7 Å². The number of benzene rings is 3. The lowest BCUT2D eigenvalue weighted by Gasteiger charge is -2.48. The fraction of sp³-hybridized carbons (Fsp3) is 0.519. The number of aromatic hydroxyl groups is 1. The monoisotopic (exact) mass is 984 g/mol. The van der Waals surface area contributed by atoms with Crippen molar-refractivity contribution in [3.63, 3.8) is 0 Å². The van der Waals surface area contributed by atoms with Crippen molar-refractivity contribution in [2.75, 3.05) is 95.1 Å². The highest BCUT2D eigenvalue weighted by Crippen LogP contribution is 2.48. The van der Waals surface area contributed by atoms with Gasteiger partial charge in [-0.25, -0.2) is 13.6 Å². The first kappa shape index (κ1) is 46.8. The molecule has 72 heavy (non-hydrogen) atoms. The molecule has 0 bridgehead atoms. The second kappa shape index (κ2) is 18.4. The Hall–Kier alpha value is -6.24. The van der Waals surface area contributed by atoms with Crippen LogP contribution >= 0.6 is 0 Å². The molecule has 12 rings (SSSR count). The molecule has 1 aliphatic carbocycles. The molecule has 378 valence electrons. The molecule has 3 aromatic carbocycles. The molecule has 2 N–H and O–H groups in total. The molecule has 8 heterocycles. The number of hydrogen-bond acceptors (Lipinski definition) is 13. The first-order valence-electron chi connectivity index (χ1n) is 25.9. The Morgan fingerprint density at radius 3 is 2.43 bits per heavy atom. The number of carbonyl (C=O) groups excluding carboxylic acids is 2. The van der Waals surface area contributed by atoms with E-state index in [9.17, 15) is 19.5 Å². The normalized spacial score (nSPS) is 21.8. The lowest BCUT2D eigenvalue weighted by Crippen LogP contribution is -2.54. The lowest BCUT2D eigenvalue weighted by molar-refractivity contribution is -0.135. The number of pyridine rings is 1. The van der Waals surface area contributed by atoms with Crippen molar-refractivity contribution in [1.29, 1.82) is 0 Å². The van der Waals surface area contributed by atoms with Crippen LogP contribution in [0.25, 0.3) is 44.0 Å². The van der Waals surface area contributed by atoms with Crippen LogP contribution in [-0.4, -0.2) is 136 Å². The largest absolute Gasteiger partial charge is 0.508 e. The minimum atomic E-state index is -0.705. The minimum absolute atomic E-state index is 0.0169. The standard InChI is InChI=1S/C54H62F2N10O6/c1-3-37-40(55)7-5-34-23-36(67)25-38(45(34)37)47-46(56)48-39(26-57-47)49(65-16-4-13-54(29-65)30-71-31-54)60-51(59-48)72-32-53(14-15-53)28-63-17-11-33(12-18-63)27-62-19-21-64(22-20-62)35-6-8-41-43(24-35)61(2)52(70)66(41)42-9-10-44(68)58-50(42)69/h5-8,23-26,33,42,67H,3-4,9-22,27-32H2,1-2H3,(H,58,68,69). The van der Waals surface area contributed by atoms with Crippen molar-refractivity contribution in [3.8, 4) is 23.0 Å². The van der Waals surface area contributed by atoms with Crippen LogP contribution in [0.1, 0.15) is 69.9 Å². The van der Waals surface area contributed by atoms with Crippen molar-refractivity contribution >= 4 is 56.0 Å². The van der Waals surface area contributed by atoms with Gasteiger partial charge in [-0.05, 0) is 123 Å². The molecule has 16 nitrogen and oxygen atoms in total. The zero-order chi connectivity index (χ0) is 49.5. The van der Waals surface area contributed by atoms with Crippen molar-refractivity contribution in [1.82, 2.24) is 39.2 Å². The molecule has 1 unspecified atom stereocenters. The van der Waals surface area contributed by atoms with Crippen LogP contribution < -0.4 is 25.5 Å². The number of imide groups is 1. The molecule has 5 saturated heterocycles. The number of carbonyl (C=O) groups is 2. The van der Waals surface area contributed by atoms with Crippen molar-refractivity contribution in [2.45, 2.75) is 70.8 Å². The van der Waals surface area contributed by atoms with Gasteiger partial charge in [0.15, 0.2) is 5.82 Å². The molecule has 0 radical (unpaired) electrons. The second-order valence-electron chi connectivity index (χ2n) is 21.6. The number of piperidine rings is 3. The van der Waals surface area contributed by atoms with E-state index in [0.717, 1.165) is 115 Å². The minimum Gasteiger partial charge on any atom is -0.508 e. The summed E-state index contributed by atoms with van der Waals surface area (Å²) in [5.41, 5.74) is 3.05. The number of piperazine rings is 1. The average Bonchev–Trinajstić information content (AvgIpc) is 4.10. The summed E-state index contributed by atoms with van der Waals surface area (Å²) in [5, 5.41) is 14.7. The molecule has 1 saturated carbocycles. The van der Waals surface area contributed by atoms with Gasteiger partial charge in [-0.2, -0.15) is 9.97 Å². The van der Waals surface area contributed by atoms with Gasteiger partial charge in [-0.15, -0.1) is 0 Å². The molecular weight excluding hydrogens is 923 g/mol. The van der Waals surface area contributed by atoms with E-state index in [1.54, 1.807) is 29.9 Å². The van der Waals surface area contributed by atoms with Gasteiger partial charge in [0, 0.05) is 94.1 Å².